The second-order valence-electron chi connectivity index (χ2n) is 7.91. The Balaban J connectivity index is 1.45. The molecule has 0 saturated heterocycles. The van der Waals surface area contributed by atoms with E-state index in [1.165, 1.54) is 18.3 Å². The van der Waals surface area contributed by atoms with Gasteiger partial charge in [0.2, 0.25) is 9.84 Å². The maximum Gasteiger partial charge on any atom is 0.268 e. The Morgan fingerprint density at radius 2 is 1.97 bits per heavy atom. The summed E-state index contributed by atoms with van der Waals surface area (Å²) in [5.41, 5.74) is 1.82. The minimum Gasteiger partial charge on any atom is -0.347 e. The van der Waals surface area contributed by atoms with Crippen molar-refractivity contribution in [2.45, 2.75) is 23.3 Å². The molecule has 0 saturated carbocycles. The average Bonchev–Trinajstić information content (AvgIpc) is 3.43. The summed E-state index contributed by atoms with van der Waals surface area (Å²) in [4.78, 5) is 31.8. The Kier molecular flexibility index (Phi) is 5.05. The van der Waals surface area contributed by atoms with Gasteiger partial charge in [-0.2, -0.15) is 5.10 Å². The second kappa shape index (κ2) is 7.96. The minimum atomic E-state index is -3.86. The third-order valence-electron chi connectivity index (χ3n) is 5.96. The number of nitrogens with zero attached hydrogens (tertiary/aromatic N) is 3. The molecule has 0 radical (unpaired) electrons. The SMILES string of the molecule is Cc1c(S(=O)(=O)c2ccc3[nH]ncc3c2)cc(C(=O)NCc2c[nH]c(=O)c3cnccc23)n1C. The number of nitrogens with one attached hydrogen (secondary N) is 3. The van der Waals surface area contributed by atoms with Crippen molar-refractivity contribution in [3.63, 3.8) is 0 Å². The van der Waals surface area contributed by atoms with Crippen LogP contribution in [0.25, 0.3) is 21.7 Å². The molecule has 0 aliphatic carbocycles. The van der Waals surface area contributed by atoms with E-state index in [1.807, 2.05) is 0 Å². The number of hydrogen-bond acceptors (Lipinski definition) is 6. The van der Waals surface area contributed by atoms with Gasteiger partial charge in [0.05, 0.1) is 26.9 Å². The molecule has 1 aromatic carbocycles. The van der Waals surface area contributed by atoms with Crippen LogP contribution in [-0.2, 0) is 23.4 Å². The Labute approximate surface area is 193 Å². The van der Waals surface area contributed by atoms with Crippen molar-refractivity contribution in [2.24, 2.45) is 7.05 Å². The van der Waals surface area contributed by atoms with Gasteiger partial charge in [-0.05, 0) is 48.2 Å². The first-order chi connectivity index (χ1) is 16.3. The van der Waals surface area contributed by atoms with Gasteiger partial charge in [0.25, 0.3) is 11.5 Å². The topological polar surface area (TPSA) is 143 Å². The molecular weight excluding hydrogens is 456 g/mol. The highest BCUT2D eigenvalue weighted by Gasteiger charge is 2.26. The number of fused-ring (bicyclic) bond motifs is 2. The van der Waals surface area contributed by atoms with Crippen LogP contribution in [0.2, 0.25) is 0 Å². The van der Waals surface area contributed by atoms with E-state index in [4.69, 9.17) is 0 Å². The van der Waals surface area contributed by atoms with E-state index in [9.17, 15) is 18.0 Å². The van der Waals surface area contributed by atoms with E-state index < -0.39 is 15.7 Å². The molecule has 0 fully saturated rings. The van der Waals surface area contributed by atoms with Gasteiger partial charge in [0.1, 0.15) is 5.69 Å². The molecule has 4 aromatic heterocycles. The number of benzene rings is 1. The quantitative estimate of drug-likeness (QED) is 0.355. The smallest absolute Gasteiger partial charge is 0.268 e. The minimum absolute atomic E-state index is 0.0589. The Hall–Kier alpha value is -4.25. The van der Waals surface area contributed by atoms with Gasteiger partial charge in [-0.1, -0.05) is 0 Å². The molecule has 0 bridgehead atoms. The number of hydrogen-bond donors (Lipinski definition) is 3. The summed E-state index contributed by atoms with van der Waals surface area (Å²) >= 11 is 0. The fraction of sp³-hybridized carbons (Fsp3) is 0.130. The fourth-order valence-electron chi connectivity index (χ4n) is 3.95. The Morgan fingerprint density at radius 1 is 1.15 bits per heavy atom. The van der Waals surface area contributed by atoms with E-state index in [1.54, 1.807) is 55.3 Å². The number of aromatic nitrogens is 5. The standard InChI is InChI=1S/C23H20N6O4S/c1-13-21(34(32,33)16-3-4-19-14(7-16)11-27-28-19)8-20(29(13)2)23(31)26-10-15-9-25-22(30)18-12-24-6-5-17(15)18/h3-9,11-12H,10H2,1-2H3,(H,25,30)(H,26,31)(H,27,28). The van der Waals surface area contributed by atoms with Crippen LogP contribution < -0.4 is 10.9 Å². The zero-order valence-corrected chi connectivity index (χ0v) is 19.1. The summed E-state index contributed by atoms with van der Waals surface area (Å²) < 4.78 is 28.3. The van der Waals surface area contributed by atoms with E-state index in [0.29, 0.717) is 27.4 Å². The lowest BCUT2D eigenvalue weighted by Gasteiger charge is -2.09. The molecule has 3 N–H and O–H groups in total. The number of pyridine rings is 2. The Morgan fingerprint density at radius 3 is 2.79 bits per heavy atom. The van der Waals surface area contributed by atoms with Crippen molar-refractivity contribution in [3.8, 4) is 0 Å². The van der Waals surface area contributed by atoms with Gasteiger partial charge in [-0.25, -0.2) is 8.42 Å². The van der Waals surface area contributed by atoms with E-state index in [2.05, 4.69) is 25.5 Å². The fourth-order valence-corrected chi connectivity index (χ4v) is 5.53. The van der Waals surface area contributed by atoms with Crippen molar-refractivity contribution in [3.05, 3.63) is 82.4 Å². The lowest BCUT2D eigenvalue weighted by atomic mass is 10.1. The zero-order valence-electron chi connectivity index (χ0n) is 18.3. The number of sulfone groups is 1. The molecule has 5 rings (SSSR count). The summed E-state index contributed by atoms with van der Waals surface area (Å²) in [6.45, 7) is 1.79. The van der Waals surface area contributed by atoms with Crippen LogP contribution in [0.4, 0.5) is 0 Å². The number of carbonyl (C=O) groups excluding carboxylic acids is 1. The van der Waals surface area contributed by atoms with Crippen LogP contribution in [0.15, 0.2) is 69.7 Å². The number of amides is 1. The molecule has 1 amide bonds. The van der Waals surface area contributed by atoms with Gasteiger partial charge in [0.15, 0.2) is 0 Å². The van der Waals surface area contributed by atoms with Crippen molar-refractivity contribution < 1.29 is 13.2 Å². The van der Waals surface area contributed by atoms with Crippen LogP contribution in [0.3, 0.4) is 0 Å². The molecule has 34 heavy (non-hydrogen) atoms. The van der Waals surface area contributed by atoms with Crippen LogP contribution >= 0.6 is 0 Å². The third-order valence-corrected chi connectivity index (χ3v) is 7.83. The molecule has 0 atom stereocenters. The molecule has 4 heterocycles. The second-order valence-corrected chi connectivity index (χ2v) is 9.83. The summed E-state index contributed by atoms with van der Waals surface area (Å²) in [6.07, 6.45) is 6.15. The molecule has 0 aliphatic rings. The van der Waals surface area contributed by atoms with Gasteiger partial charge in [-0.15, -0.1) is 0 Å². The summed E-state index contributed by atoms with van der Waals surface area (Å²) in [5.74, 6) is -0.439. The third kappa shape index (κ3) is 3.46. The van der Waals surface area contributed by atoms with Crippen molar-refractivity contribution in [2.75, 3.05) is 0 Å². The highest BCUT2D eigenvalue weighted by molar-refractivity contribution is 7.91. The van der Waals surface area contributed by atoms with Crippen molar-refractivity contribution in [1.82, 2.24) is 30.0 Å². The molecule has 0 spiro atoms. The maximum absolute atomic E-state index is 13.4. The first-order valence-electron chi connectivity index (χ1n) is 10.3. The lowest BCUT2D eigenvalue weighted by Crippen LogP contribution is -2.25. The van der Waals surface area contributed by atoms with Gasteiger partial charge < -0.3 is 14.9 Å². The number of H-pyrrole nitrogens is 2. The predicted octanol–water partition coefficient (Wildman–Crippen LogP) is 2.21. The Bertz CT molecular complexity index is 1750. The zero-order chi connectivity index (χ0) is 24.0. The molecule has 10 nitrogen and oxygen atoms in total. The monoisotopic (exact) mass is 476 g/mol. The lowest BCUT2D eigenvalue weighted by molar-refractivity contribution is 0.0942. The van der Waals surface area contributed by atoms with Crippen LogP contribution in [0.1, 0.15) is 21.7 Å². The molecule has 172 valence electrons. The number of carbonyl (C=O) groups is 1. The molecular formula is C23H20N6O4S. The van der Waals surface area contributed by atoms with Gasteiger partial charge in [0, 0.05) is 43.3 Å². The summed E-state index contributed by atoms with van der Waals surface area (Å²) in [6, 6.07) is 7.81. The highest BCUT2D eigenvalue weighted by atomic mass is 32.2. The molecule has 0 aliphatic heterocycles. The molecule has 5 aromatic rings. The van der Waals surface area contributed by atoms with Crippen LogP contribution in [0.5, 0.6) is 0 Å². The van der Waals surface area contributed by atoms with Gasteiger partial charge in [-0.3, -0.25) is 19.7 Å². The normalized spacial score (nSPS) is 11.8. The number of aromatic amines is 2. The first-order valence-corrected chi connectivity index (χ1v) is 11.8. The predicted molar refractivity (Wildman–Crippen MR) is 125 cm³/mol. The molecule has 11 heteroatoms. The van der Waals surface area contributed by atoms with Crippen LogP contribution in [0, 0.1) is 6.92 Å². The average molecular weight is 477 g/mol. The van der Waals surface area contributed by atoms with Crippen molar-refractivity contribution in [1.29, 1.82) is 0 Å². The van der Waals surface area contributed by atoms with Crippen LogP contribution in [-0.4, -0.2) is 39.1 Å². The highest BCUT2D eigenvalue weighted by Crippen LogP contribution is 2.28. The van der Waals surface area contributed by atoms with Gasteiger partial charge >= 0.3 is 0 Å². The van der Waals surface area contributed by atoms with Crippen molar-refractivity contribution >= 4 is 37.4 Å². The summed E-state index contributed by atoms with van der Waals surface area (Å²) in [5, 5.41) is 11.3. The maximum atomic E-state index is 13.4. The van der Waals surface area contributed by atoms with E-state index in [0.717, 1.165) is 5.52 Å². The van der Waals surface area contributed by atoms with E-state index in [-0.39, 0.29) is 27.6 Å². The largest absolute Gasteiger partial charge is 0.347 e. The molecule has 0 unspecified atom stereocenters. The van der Waals surface area contributed by atoms with E-state index >= 15 is 0 Å². The number of rotatable bonds is 5. The first kappa shape index (κ1) is 21.6. The summed E-state index contributed by atoms with van der Waals surface area (Å²) in [7, 11) is -2.22.